The Kier molecular flexibility index (Phi) is 4.69. The van der Waals surface area contributed by atoms with Gasteiger partial charge in [-0.25, -0.2) is 4.79 Å². The van der Waals surface area contributed by atoms with Crippen molar-refractivity contribution in [2.75, 3.05) is 5.32 Å². The Morgan fingerprint density at radius 2 is 2.00 bits per heavy atom. The average molecular weight is 339 g/mol. The van der Waals surface area contributed by atoms with Crippen molar-refractivity contribution in [2.45, 2.75) is 36.1 Å². The zero-order valence-electron chi connectivity index (χ0n) is 10.9. The first kappa shape index (κ1) is 15.7. The van der Waals surface area contributed by atoms with E-state index in [0.717, 1.165) is 0 Å². The molecular weight excluding hydrogens is 325 g/mol. The van der Waals surface area contributed by atoms with Crippen LogP contribution in [-0.4, -0.2) is 22.1 Å². The van der Waals surface area contributed by atoms with Crippen LogP contribution < -0.4 is 5.32 Å². The van der Waals surface area contributed by atoms with Crippen molar-refractivity contribution < 1.29 is 14.3 Å². The molecule has 1 N–H and O–H groups in total. The summed E-state index contributed by atoms with van der Waals surface area (Å²) in [5.41, 5.74) is 1.34. The van der Waals surface area contributed by atoms with Gasteiger partial charge in [0.15, 0.2) is 12.3 Å². The molecule has 110 valence electrons. The van der Waals surface area contributed by atoms with E-state index in [-0.39, 0.29) is 6.10 Å². The molecule has 4 nitrogen and oxygen atoms in total. The van der Waals surface area contributed by atoms with Crippen LogP contribution in [0.15, 0.2) is 24.3 Å². The normalized spacial score (nSPS) is 22.1. The molecule has 1 aliphatic rings. The van der Waals surface area contributed by atoms with Crippen molar-refractivity contribution in [3.05, 3.63) is 29.8 Å². The van der Waals surface area contributed by atoms with Crippen LogP contribution >= 0.6 is 34.8 Å². The largest absolute Gasteiger partial charge is 0.461 e. The Labute approximate surface area is 132 Å². The number of nitrogens with one attached hydrogen (secondary N) is 1. The maximum Gasteiger partial charge on any atom is 0.340 e. The van der Waals surface area contributed by atoms with E-state index in [0.29, 0.717) is 11.3 Å². The number of fused-ring (bicyclic) bond motifs is 1. The Balaban J connectivity index is 2.32. The van der Waals surface area contributed by atoms with Gasteiger partial charge in [-0.05, 0) is 19.9 Å². The summed E-state index contributed by atoms with van der Waals surface area (Å²) in [6.45, 7) is 3.52. The zero-order valence-corrected chi connectivity index (χ0v) is 13.2. The highest BCUT2D eigenvalue weighted by Crippen LogP contribution is 2.41. The molecule has 0 bridgehead atoms. The van der Waals surface area contributed by atoms with Gasteiger partial charge in [0.25, 0.3) is 0 Å². The molecule has 1 aliphatic heterocycles. The quantitative estimate of drug-likeness (QED) is 0.658. The molecule has 1 aromatic carbocycles. The molecule has 20 heavy (non-hydrogen) atoms. The van der Waals surface area contributed by atoms with E-state index >= 15 is 0 Å². The maximum atomic E-state index is 12.1. The van der Waals surface area contributed by atoms with Gasteiger partial charge < -0.3 is 14.8 Å². The number of rotatable bonds is 2. The fourth-order valence-corrected chi connectivity index (χ4v) is 2.20. The highest BCUT2D eigenvalue weighted by molar-refractivity contribution is 6.68. The van der Waals surface area contributed by atoms with Crippen molar-refractivity contribution in [3.63, 3.8) is 0 Å². The monoisotopic (exact) mass is 337 g/mol. The van der Waals surface area contributed by atoms with E-state index in [4.69, 9.17) is 44.3 Å². The van der Waals surface area contributed by atoms with E-state index in [1.807, 2.05) is 6.07 Å². The maximum absolute atomic E-state index is 12.1. The van der Waals surface area contributed by atoms with Gasteiger partial charge >= 0.3 is 5.97 Å². The van der Waals surface area contributed by atoms with Crippen LogP contribution in [0.3, 0.4) is 0 Å². The summed E-state index contributed by atoms with van der Waals surface area (Å²) in [6, 6.07) is 7.17. The lowest BCUT2D eigenvalue weighted by atomic mass is 10.1. The summed E-state index contributed by atoms with van der Waals surface area (Å²) < 4.78 is 9.04. The molecule has 2 atom stereocenters. The number of esters is 1. The average Bonchev–Trinajstić information content (AvgIpc) is 2.35. The van der Waals surface area contributed by atoms with Gasteiger partial charge in [-0.2, -0.15) is 0 Å². The van der Waals surface area contributed by atoms with Crippen LogP contribution in [0.4, 0.5) is 5.69 Å². The van der Waals surface area contributed by atoms with Crippen molar-refractivity contribution >= 4 is 46.5 Å². The molecule has 1 aromatic rings. The second kappa shape index (κ2) is 5.98. The van der Waals surface area contributed by atoms with E-state index in [1.165, 1.54) is 0 Å². The fourth-order valence-electron chi connectivity index (χ4n) is 1.88. The van der Waals surface area contributed by atoms with E-state index < -0.39 is 22.1 Å². The minimum absolute atomic E-state index is 0.251. The Hall–Kier alpha value is -0.680. The number of carbonyl (C=O) groups is 1. The summed E-state index contributed by atoms with van der Waals surface area (Å²) in [6.07, 6.45) is -2.11. The smallest absolute Gasteiger partial charge is 0.340 e. The molecule has 1 heterocycles. The number of para-hydroxylation sites is 1. The van der Waals surface area contributed by atoms with Crippen molar-refractivity contribution in [3.8, 4) is 0 Å². The first-order valence-corrected chi connectivity index (χ1v) is 7.20. The number of carbonyl (C=O) groups excluding carboxylic acids is 1. The third-order valence-corrected chi connectivity index (χ3v) is 3.26. The summed E-state index contributed by atoms with van der Waals surface area (Å²) in [7, 11) is 0. The lowest BCUT2D eigenvalue weighted by Crippen LogP contribution is -2.43. The van der Waals surface area contributed by atoms with Gasteiger partial charge in [0, 0.05) is 11.3 Å². The zero-order chi connectivity index (χ0) is 14.9. The molecule has 2 rings (SSSR count). The lowest BCUT2D eigenvalue weighted by molar-refractivity contribution is -0.165. The van der Waals surface area contributed by atoms with E-state index in [9.17, 15) is 4.79 Å². The number of alkyl halides is 3. The number of ether oxygens (including phenoxy) is 2. The molecule has 0 fully saturated rings. The topological polar surface area (TPSA) is 47.6 Å². The van der Waals surface area contributed by atoms with E-state index in [2.05, 4.69) is 5.32 Å². The van der Waals surface area contributed by atoms with Crippen LogP contribution in [0.1, 0.15) is 25.5 Å². The second-order valence-corrected chi connectivity index (χ2v) is 7.02. The van der Waals surface area contributed by atoms with Crippen molar-refractivity contribution in [1.82, 2.24) is 0 Å². The second-order valence-electron chi connectivity index (χ2n) is 4.66. The van der Waals surface area contributed by atoms with Crippen LogP contribution in [-0.2, 0) is 14.3 Å². The van der Waals surface area contributed by atoms with Crippen LogP contribution in [0, 0.1) is 0 Å². The Bertz CT molecular complexity index is 502. The fraction of sp³-hybridized carbons (Fsp3) is 0.462. The van der Waals surface area contributed by atoms with Crippen molar-refractivity contribution in [2.24, 2.45) is 0 Å². The summed E-state index contributed by atoms with van der Waals surface area (Å²) >= 11 is 17.5. The van der Waals surface area contributed by atoms with Crippen molar-refractivity contribution in [1.29, 1.82) is 0 Å². The molecule has 0 aromatic heterocycles. The summed E-state index contributed by atoms with van der Waals surface area (Å²) in [5, 5.41) is 2.95. The van der Waals surface area contributed by atoms with E-state index in [1.54, 1.807) is 32.0 Å². The molecule has 0 saturated heterocycles. The molecule has 0 aliphatic carbocycles. The molecule has 0 saturated carbocycles. The number of halogens is 3. The highest BCUT2D eigenvalue weighted by atomic mass is 35.6. The molecule has 7 heteroatoms. The van der Waals surface area contributed by atoms with Gasteiger partial charge in [0.05, 0.1) is 6.10 Å². The summed E-state index contributed by atoms with van der Waals surface area (Å²) in [4.78, 5) is 12.1. The minimum Gasteiger partial charge on any atom is -0.461 e. The Morgan fingerprint density at radius 3 is 2.60 bits per heavy atom. The molecule has 0 radical (unpaired) electrons. The van der Waals surface area contributed by atoms with Crippen LogP contribution in [0.2, 0.25) is 0 Å². The minimum atomic E-state index is -1.70. The van der Waals surface area contributed by atoms with Gasteiger partial charge in [-0.15, -0.1) is 0 Å². The standard InChI is InChI=1S/C13H14Cl3NO3/c1-7(2)19-11(18)10-8-5-3-4-6-9(8)17-12(20-10)13(14,15)16/h3-7,10,12,17H,1-2H3. The first-order valence-electron chi connectivity index (χ1n) is 6.07. The van der Waals surface area contributed by atoms with Gasteiger partial charge in [0.1, 0.15) is 0 Å². The number of hydrogen-bond donors (Lipinski definition) is 1. The predicted octanol–water partition coefficient (Wildman–Crippen LogP) is 3.82. The molecule has 0 spiro atoms. The predicted molar refractivity (Wildman–Crippen MR) is 79.2 cm³/mol. The van der Waals surface area contributed by atoms with Gasteiger partial charge in [-0.1, -0.05) is 53.0 Å². The third kappa shape index (κ3) is 3.50. The molecule has 2 unspecified atom stereocenters. The molecular formula is C13H14Cl3NO3. The number of benzene rings is 1. The molecule has 0 amide bonds. The van der Waals surface area contributed by atoms with Gasteiger partial charge in [0.2, 0.25) is 3.79 Å². The van der Waals surface area contributed by atoms with Gasteiger partial charge in [-0.3, -0.25) is 0 Å². The third-order valence-electron chi connectivity index (χ3n) is 2.67. The lowest BCUT2D eigenvalue weighted by Gasteiger charge is -2.35. The van der Waals surface area contributed by atoms with Crippen LogP contribution in [0.25, 0.3) is 0 Å². The summed E-state index contributed by atoms with van der Waals surface area (Å²) in [5.74, 6) is -0.506. The Morgan fingerprint density at radius 1 is 1.35 bits per heavy atom. The SMILES string of the molecule is CC(C)OC(=O)C1OC(C(Cl)(Cl)Cl)Nc2ccccc21. The first-order chi connectivity index (χ1) is 9.29. The van der Waals surface area contributed by atoms with Crippen LogP contribution in [0.5, 0.6) is 0 Å². The number of hydrogen-bond acceptors (Lipinski definition) is 4. The number of anilines is 1. The highest BCUT2D eigenvalue weighted by Gasteiger charge is 2.42.